The summed E-state index contributed by atoms with van der Waals surface area (Å²) < 4.78 is 18.1. The van der Waals surface area contributed by atoms with Crippen LogP contribution in [0.1, 0.15) is 18.9 Å². The first kappa shape index (κ1) is 15.4. The molecule has 1 N–H and O–H groups in total. The van der Waals surface area contributed by atoms with Crippen molar-refractivity contribution in [1.29, 1.82) is 0 Å². The van der Waals surface area contributed by atoms with Gasteiger partial charge < -0.3 is 10.1 Å². The maximum absolute atomic E-state index is 13.4. The lowest BCUT2D eigenvalue weighted by Crippen LogP contribution is -2.28. The summed E-state index contributed by atoms with van der Waals surface area (Å²) in [5.41, 5.74) is 0.151. The van der Waals surface area contributed by atoms with Gasteiger partial charge in [0.1, 0.15) is 5.82 Å². The van der Waals surface area contributed by atoms with Crippen LogP contribution < -0.4 is 5.32 Å². The molecule has 1 rings (SSSR count). The molecule has 1 aromatic carbocycles. The summed E-state index contributed by atoms with van der Waals surface area (Å²) in [7, 11) is 0. The van der Waals surface area contributed by atoms with Gasteiger partial charge in [-0.25, -0.2) is 4.39 Å². The first-order chi connectivity index (χ1) is 9.04. The average Bonchev–Trinajstić information content (AvgIpc) is 2.34. The van der Waals surface area contributed by atoms with E-state index in [-0.39, 0.29) is 35.9 Å². The second kappa shape index (κ2) is 7.74. The normalized spacial score (nSPS) is 10.1. The van der Waals surface area contributed by atoms with Crippen LogP contribution in [-0.2, 0) is 20.7 Å². The van der Waals surface area contributed by atoms with E-state index in [0.717, 1.165) is 0 Å². The number of carbonyl (C=O) groups is 2. The summed E-state index contributed by atoms with van der Waals surface area (Å²) in [4.78, 5) is 22.6. The second-order valence-corrected chi connectivity index (χ2v) is 4.19. The Bertz CT molecular complexity index is 445. The standard InChI is InChI=1S/C13H15ClFNO3/c1-2-19-13(18)6-7-16-12(17)8-9-10(14)4-3-5-11(9)15/h3-5H,2,6-8H2,1H3,(H,16,17). The fraction of sp³-hybridized carbons (Fsp3) is 0.385. The molecule has 0 aliphatic carbocycles. The van der Waals surface area contributed by atoms with Gasteiger partial charge in [-0.15, -0.1) is 0 Å². The van der Waals surface area contributed by atoms with E-state index in [1.807, 2.05) is 0 Å². The second-order valence-electron chi connectivity index (χ2n) is 3.78. The lowest BCUT2D eigenvalue weighted by atomic mass is 10.1. The minimum atomic E-state index is -0.520. The molecule has 6 heteroatoms. The molecule has 0 saturated heterocycles. The van der Waals surface area contributed by atoms with E-state index in [2.05, 4.69) is 5.32 Å². The molecule has 1 amide bonds. The number of hydrogen-bond acceptors (Lipinski definition) is 3. The summed E-state index contributed by atoms with van der Waals surface area (Å²) in [6, 6.07) is 4.23. The van der Waals surface area contributed by atoms with Gasteiger partial charge in [-0.1, -0.05) is 17.7 Å². The average molecular weight is 288 g/mol. The van der Waals surface area contributed by atoms with Gasteiger partial charge in [0.05, 0.1) is 19.4 Å². The fourth-order valence-corrected chi connectivity index (χ4v) is 1.69. The molecule has 0 radical (unpaired) electrons. The van der Waals surface area contributed by atoms with Crippen LogP contribution in [0.25, 0.3) is 0 Å². The summed E-state index contributed by atoms with van der Waals surface area (Å²) in [6.45, 7) is 2.16. The van der Waals surface area contributed by atoms with Crippen LogP contribution in [0.2, 0.25) is 5.02 Å². The number of esters is 1. The topological polar surface area (TPSA) is 55.4 Å². The van der Waals surface area contributed by atoms with Crippen molar-refractivity contribution in [3.8, 4) is 0 Å². The molecule has 0 saturated carbocycles. The number of hydrogen-bond donors (Lipinski definition) is 1. The summed E-state index contributed by atoms with van der Waals surface area (Å²) in [5.74, 6) is -1.30. The van der Waals surface area contributed by atoms with Crippen molar-refractivity contribution < 1.29 is 18.7 Å². The smallest absolute Gasteiger partial charge is 0.307 e. The third-order valence-electron chi connectivity index (χ3n) is 2.36. The lowest BCUT2D eigenvalue weighted by molar-refractivity contribution is -0.143. The van der Waals surface area contributed by atoms with Crippen molar-refractivity contribution in [2.45, 2.75) is 19.8 Å². The van der Waals surface area contributed by atoms with Gasteiger partial charge >= 0.3 is 5.97 Å². The Morgan fingerprint density at radius 3 is 2.79 bits per heavy atom. The number of nitrogens with one attached hydrogen (secondary N) is 1. The van der Waals surface area contributed by atoms with Gasteiger partial charge in [0.15, 0.2) is 0 Å². The van der Waals surface area contributed by atoms with Crippen molar-refractivity contribution in [3.05, 3.63) is 34.6 Å². The monoisotopic (exact) mass is 287 g/mol. The predicted octanol–water partition coefficient (Wildman–Crippen LogP) is 2.09. The Balaban J connectivity index is 2.41. The molecule has 0 bridgehead atoms. The minimum Gasteiger partial charge on any atom is -0.466 e. The van der Waals surface area contributed by atoms with Gasteiger partial charge in [0.2, 0.25) is 5.91 Å². The van der Waals surface area contributed by atoms with Gasteiger partial charge in [0.25, 0.3) is 0 Å². The van der Waals surface area contributed by atoms with Gasteiger partial charge in [-0.3, -0.25) is 9.59 Å². The van der Waals surface area contributed by atoms with E-state index in [9.17, 15) is 14.0 Å². The summed E-state index contributed by atoms with van der Waals surface area (Å²) in [6.07, 6.45) is -0.0705. The number of benzene rings is 1. The molecule has 19 heavy (non-hydrogen) atoms. The first-order valence-corrected chi connectivity index (χ1v) is 6.27. The van der Waals surface area contributed by atoms with Crippen molar-refractivity contribution in [2.24, 2.45) is 0 Å². The number of rotatable bonds is 6. The maximum atomic E-state index is 13.4. The fourth-order valence-electron chi connectivity index (χ4n) is 1.46. The molecule has 0 unspecified atom stereocenters. The zero-order valence-corrected chi connectivity index (χ0v) is 11.3. The van der Waals surface area contributed by atoms with E-state index in [4.69, 9.17) is 16.3 Å². The highest BCUT2D eigenvalue weighted by Crippen LogP contribution is 2.19. The van der Waals surface area contributed by atoms with Crippen LogP contribution in [0.5, 0.6) is 0 Å². The Kier molecular flexibility index (Phi) is 6.29. The highest BCUT2D eigenvalue weighted by atomic mass is 35.5. The van der Waals surface area contributed by atoms with Gasteiger partial charge in [-0.2, -0.15) is 0 Å². The zero-order valence-electron chi connectivity index (χ0n) is 10.5. The lowest BCUT2D eigenvalue weighted by Gasteiger charge is -2.07. The Morgan fingerprint density at radius 1 is 1.42 bits per heavy atom. The SMILES string of the molecule is CCOC(=O)CCNC(=O)Cc1c(F)cccc1Cl. The Hall–Kier alpha value is -1.62. The van der Waals surface area contributed by atoms with Crippen molar-refractivity contribution >= 4 is 23.5 Å². The van der Waals surface area contributed by atoms with Crippen LogP contribution >= 0.6 is 11.6 Å². The number of halogens is 2. The van der Waals surface area contributed by atoms with Crippen LogP contribution in [0.15, 0.2) is 18.2 Å². The van der Waals surface area contributed by atoms with E-state index >= 15 is 0 Å². The molecule has 1 aromatic rings. The van der Waals surface area contributed by atoms with Crippen LogP contribution in [0.4, 0.5) is 4.39 Å². The van der Waals surface area contributed by atoms with Crippen molar-refractivity contribution in [2.75, 3.05) is 13.2 Å². The molecule has 0 aliphatic rings. The third kappa shape index (κ3) is 5.26. The van der Waals surface area contributed by atoms with Crippen LogP contribution in [-0.4, -0.2) is 25.0 Å². The van der Waals surface area contributed by atoms with Crippen LogP contribution in [0.3, 0.4) is 0 Å². The highest BCUT2D eigenvalue weighted by Gasteiger charge is 2.12. The Labute approximate surface area is 115 Å². The van der Waals surface area contributed by atoms with Crippen molar-refractivity contribution in [3.63, 3.8) is 0 Å². The molecule has 0 spiro atoms. The Morgan fingerprint density at radius 2 is 2.16 bits per heavy atom. The van der Waals surface area contributed by atoms with E-state index in [0.29, 0.717) is 6.61 Å². The minimum absolute atomic E-state index is 0.0879. The van der Waals surface area contributed by atoms with E-state index < -0.39 is 11.7 Å². The molecular weight excluding hydrogens is 273 g/mol. The molecule has 0 heterocycles. The predicted molar refractivity (Wildman–Crippen MR) is 69.4 cm³/mol. The number of ether oxygens (including phenoxy) is 1. The van der Waals surface area contributed by atoms with Crippen LogP contribution in [0, 0.1) is 5.82 Å². The molecule has 0 atom stereocenters. The summed E-state index contributed by atoms with van der Waals surface area (Å²) in [5, 5.41) is 2.72. The molecule has 104 valence electrons. The molecular formula is C13H15ClFNO3. The van der Waals surface area contributed by atoms with E-state index in [1.165, 1.54) is 18.2 Å². The zero-order chi connectivity index (χ0) is 14.3. The molecule has 0 aliphatic heterocycles. The highest BCUT2D eigenvalue weighted by molar-refractivity contribution is 6.31. The molecule has 0 fully saturated rings. The van der Waals surface area contributed by atoms with Crippen molar-refractivity contribution in [1.82, 2.24) is 5.32 Å². The number of amides is 1. The van der Waals surface area contributed by atoms with Gasteiger partial charge in [-0.05, 0) is 19.1 Å². The largest absolute Gasteiger partial charge is 0.466 e. The molecule has 0 aromatic heterocycles. The summed E-state index contributed by atoms with van der Waals surface area (Å²) >= 11 is 5.81. The quantitative estimate of drug-likeness (QED) is 0.815. The molecule has 4 nitrogen and oxygen atoms in total. The number of carbonyl (C=O) groups excluding carboxylic acids is 2. The van der Waals surface area contributed by atoms with E-state index in [1.54, 1.807) is 6.92 Å². The first-order valence-electron chi connectivity index (χ1n) is 5.89. The third-order valence-corrected chi connectivity index (χ3v) is 2.71. The maximum Gasteiger partial charge on any atom is 0.307 e. The van der Waals surface area contributed by atoms with Gasteiger partial charge in [0, 0.05) is 17.1 Å².